The van der Waals surface area contributed by atoms with Gasteiger partial charge in [-0.05, 0) is 37.5 Å². The molecule has 0 saturated heterocycles. The van der Waals surface area contributed by atoms with Crippen LogP contribution in [-0.4, -0.2) is 33.1 Å². The summed E-state index contributed by atoms with van der Waals surface area (Å²) in [5.41, 5.74) is 1.01. The molecule has 2 atom stereocenters. The first-order chi connectivity index (χ1) is 9.94. The lowest BCUT2D eigenvalue weighted by Gasteiger charge is -2.29. The first-order valence-corrected chi connectivity index (χ1v) is 10.1. The van der Waals surface area contributed by atoms with Crippen molar-refractivity contribution < 1.29 is 17.9 Å². The van der Waals surface area contributed by atoms with Gasteiger partial charge < -0.3 is 9.47 Å². The average Bonchev–Trinajstić information content (AvgIpc) is 2.47. The summed E-state index contributed by atoms with van der Waals surface area (Å²) >= 11 is 3.45. The highest BCUT2D eigenvalue weighted by Gasteiger charge is 2.30. The van der Waals surface area contributed by atoms with Gasteiger partial charge >= 0.3 is 0 Å². The molecule has 0 bridgehead atoms. The van der Waals surface area contributed by atoms with Crippen LogP contribution < -0.4 is 9.47 Å². The van der Waals surface area contributed by atoms with Crippen molar-refractivity contribution in [2.45, 2.75) is 42.4 Å². The zero-order valence-electron chi connectivity index (χ0n) is 12.3. The van der Waals surface area contributed by atoms with Crippen molar-refractivity contribution in [1.82, 2.24) is 0 Å². The van der Waals surface area contributed by atoms with E-state index in [0.29, 0.717) is 11.8 Å². The Kier molecular flexibility index (Phi) is 5.54. The fourth-order valence-electron chi connectivity index (χ4n) is 2.68. The van der Waals surface area contributed by atoms with Gasteiger partial charge in [0, 0.05) is 23.6 Å². The predicted octanol–water partition coefficient (Wildman–Crippen LogP) is 3.32. The Morgan fingerprint density at radius 3 is 2.71 bits per heavy atom. The number of ether oxygens (including phenoxy) is 2. The average molecular weight is 377 g/mol. The lowest BCUT2D eigenvalue weighted by Crippen LogP contribution is -2.33. The van der Waals surface area contributed by atoms with Crippen molar-refractivity contribution in [3.8, 4) is 11.5 Å². The van der Waals surface area contributed by atoms with Crippen LogP contribution in [0.15, 0.2) is 18.2 Å². The van der Waals surface area contributed by atoms with Gasteiger partial charge in [0.2, 0.25) is 0 Å². The summed E-state index contributed by atoms with van der Waals surface area (Å²) in [6.45, 7) is 0. The highest BCUT2D eigenvalue weighted by atomic mass is 79.9. The van der Waals surface area contributed by atoms with Crippen molar-refractivity contribution in [1.29, 1.82) is 0 Å². The predicted molar refractivity (Wildman–Crippen MR) is 87.1 cm³/mol. The minimum Gasteiger partial charge on any atom is -0.497 e. The summed E-state index contributed by atoms with van der Waals surface area (Å²) in [6, 6.07) is 5.68. The Labute approximate surface area is 134 Å². The number of benzene rings is 1. The molecule has 1 fully saturated rings. The second kappa shape index (κ2) is 7.01. The van der Waals surface area contributed by atoms with E-state index in [1.165, 1.54) is 6.26 Å². The maximum absolute atomic E-state index is 11.7. The smallest absolute Gasteiger partial charge is 0.150 e. The van der Waals surface area contributed by atoms with Crippen LogP contribution in [0, 0.1) is 0 Å². The number of rotatable bonds is 5. The monoisotopic (exact) mass is 376 g/mol. The van der Waals surface area contributed by atoms with E-state index in [2.05, 4.69) is 15.9 Å². The zero-order chi connectivity index (χ0) is 15.5. The Bertz CT molecular complexity index is 585. The molecule has 2 rings (SSSR count). The molecule has 4 nitrogen and oxygen atoms in total. The summed E-state index contributed by atoms with van der Waals surface area (Å²) in [7, 11) is -1.36. The third kappa shape index (κ3) is 4.36. The highest BCUT2D eigenvalue weighted by Crippen LogP contribution is 2.31. The number of halogens is 1. The second-order valence-corrected chi connectivity index (χ2v) is 8.35. The van der Waals surface area contributed by atoms with Gasteiger partial charge in [0.05, 0.1) is 18.5 Å². The van der Waals surface area contributed by atoms with Gasteiger partial charge in [-0.15, -0.1) is 0 Å². The van der Waals surface area contributed by atoms with Gasteiger partial charge in [-0.25, -0.2) is 8.42 Å². The van der Waals surface area contributed by atoms with Gasteiger partial charge in [-0.3, -0.25) is 0 Å². The van der Waals surface area contributed by atoms with Gasteiger partial charge in [0.1, 0.15) is 21.3 Å². The molecule has 6 heteroatoms. The molecule has 0 aliphatic heterocycles. The van der Waals surface area contributed by atoms with E-state index in [1.807, 2.05) is 18.2 Å². The van der Waals surface area contributed by atoms with Gasteiger partial charge in [-0.2, -0.15) is 0 Å². The van der Waals surface area contributed by atoms with E-state index in [9.17, 15) is 8.42 Å². The number of alkyl halides is 1. The Morgan fingerprint density at radius 2 is 2.10 bits per heavy atom. The summed E-state index contributed by atoms with van der Waals surface area (Å²) in [6.07, 6.45) is 4.39. The molecule has 118 valence electrons. The summed E-state index contributed by atoms with van der Waals surface area (Å²) in [4.78, 5) is 0. The molecule has 0 amide bonds. The van der Waals surface area contributed by atoms with E-state index in [0.717, 1.165) is 36.3 Å². The topological polar surface area (TPSA) is 52.6 Å². The molecule has 0 aromatic heterocycles. The summed E-state index contributed by atoms with van der Waals surface area (Å²) in [5.74, 6) is 1.58. The van der Waals surface area contributed by atoms with Crippen LogP contribution in [0.5, 0.6) is 11.5 Å². The first kappa shape index (κ1) is 16.6. The van der Waals surface area contributed by atoms with Crippen LogP contribution in [0.1, 0.15) is 31.2 Å². The van der Waals surface area contributed by atoms with E-state index < -0.39 is 9.84 Å². The Hall–Kier alpha value is -0.750. The zero-order valence-corrected chi connectivity index (χ0v) is 14.7. The van der Waals surface area contributed by atoms with E-state index in [1.54, 1.807) is 7.11 Å². The van der Waals surface area contributed by atoms with Crippen molar-refractivity contribution in [3.63, 3.8) is 0 Å². The standard InChI is InChI=1S/C15H21BrO4S/c1-19-12-6-7-15(11(8-12)10-16)20-13-4-3-5-14(9-13)21(2,17)18/h6-8,13-14H,3-5,9-10H2,1-2H3. The van der Waals surface area contributed by atoms with E-state index in [4.69, 9.17) is 9.47 Å². The fourth-order valence-corrected chi connectivity index (χ4v) is 4.28. The summed E-state index contributed by atoms with van der Waals surface area (Å²) < 4.78 is 34.7. The normalized spacial score (nSPS) is 22.8. The van der Waals surface area contributed by atoms with Crippen molar-refractivity contribution in [3.05, 3.63) is 23.8 Å². The van der Waals surface area contributed by atoms with Crippen LogP contribution >= 0.6 is 15.9 Å². The Balaban J connectivity index is 2.11. The molecule has 1 aromatic carbocycles. The molecule has 1 aliphatic carbocycles. The largest absolute Gasteiger partial charge is 0.497 e. The van der Waals surface area contributed by atoms with Crippen LogP contribution in [0.2, 0.25) is 0 Å². The fraction of sp³-hybridized carbons (Fsp3) is 0.600. The molecule has 0 spiro atoms. The summed E-state index contributed by atoms with van der Waals surface area (Å²) in [5, 5.41) is 0.392. The molecule has 1 aromatic rings. The third-order valence-electron chi connectivity index (χ3n) is 3.89. The molecule has 21 heavy (non-hydrogen) atoms. The van der Waals surface area contributed by atoms with Crippen molar-refractivity contribution >= 4 is 25.8 Å². The molecule has 0 radical (unpaired) electrons. The maximum atomic E-state index is 11.7. The van der Waals surface area contributed by atoms with Crippen molar-refractivity contribution in [2.24, 2.45) is 0 Å². The SMILES string of the molecule is COc1ccc(OC2CCCC(S(C)(=O)=O)C2)c(CBr)c1. The molecular formula is C15H21BrO4S. The molecule has 2 unspecified atom stereocenters. The molecule has 0 heterocycles. The molecule has 1 saturated carbocycles. The molecular weight excluding hydrogens is 356 g/mol. The number of methoxy groups -OCH3 is 1. The van der Waals surface area contributed by atoms with Crippen LogP contribution in [0.3, 0.4) is 0 Å². The number of sulfone groups is 1. The highest BCUT2D eigenvalue weighted by molar-refractivity contribution is 9.08. The van der Waals surface area contributed by atoms with Crippen LogP contribution in [0.4, 0.5) is 0 Å². The quantitative estimate of drug-likeness (QED) is 0.739. The van der Waals surface area contributed by atoms with Crippen LogP contribution in [-0.2, 0) is 15.2 Å². The maximum Gasteiger partial charge on any atom is 0.150 e. The number of hydrogen-bond acceptors (Lipinski definition) is 4. The number of hydrogen-bond donors (Lipinski definition) is 0. The van der Waals surface area contributed by atoms with Gasteiger partial charge in [-0.1, -0.05) is 15.9 Å². The van der Waals surface area contributed by atoms with Gasteiger partial charge in [0.15, 0.2) is 0 Å². The second-order valence-electron chi connectivity index (χ2n) is 5.47. The van der Waals surface area contributed by atoms with E-state index in [-0.39, 0.29) is 11.4 Å². The molecule has 1 aliphatic rings. The minimum absolute atomic E-state index is 0.0373. The van der Waals surface area contributed by atoms with E-state index >= 15 is 0 Å². The van der Waals surface area contributed by atoms with Crippen molar-refractivity contribution in [2.75, 3.05) is 13.4 Å². The third-order valence-corrected chi connectivity index (χ3v) is 6.13. The lowest BCUT2D eigenvalue weighted by atomic mass is 9.97. The van der Waals surface area contributed by atoms with Crippen LogP contribution in [0.25, 0.3) is 0 Å². The Morgan fingerprint density at radius 1 is 1.33 bits per heavy atom. The first-order valence-electron chi connectivity index (χ1n) is 7.02. The molecule has 0 N–H and O–H groups in total. The van der Waals surface area contributed by atoms with Gasteiger partial charge in [0.25, 0.3) is 0 Å². The minimum atomic E-state index is -2.99. The lowest BCUT2D eigenvalue weighted by molar-refractivity contribution is 0.155.